The summed E-state index contributed by atoms with van der Waals surface area (Å²) in [5, 5.41) is 9.99. The first-order chi connectivity index (χ1) is 8.08. The van der Waals surface area contributed by atoms with Crippen LogP contribution in [0.1, 0.15) is 12.5 Å². The molecule has 0 saturated heterocycles. The number of ether oxygens (including phenoxy) is 2. The van der Waals surface area contributed by atoms with E-state index in [-0.39, 0.29) is 5.92 Å². The molecule has 0 fully saturated rings. The first-order valence-corrected chi connectivity index (χ1v) is 6.37. The lowest BCUT2D eigenvalue weighted by Crippen LogP contribution is -2.24. The molecule has 0 amide bonds. The molecular formula is C13H19BrO3. The third-order valence-electron chi connectivity index (χ3n) is 2.75. The Balaban J connectivity index is 2.65. The lowest BCUT2D eigenvalue weighted by atomic mass is 9.98. The molecule has 0 aliphatic carbocycles. The maximum absolute atomic E-state index is 9.99. The van der Waals surface area contributed by atoms with E-state index in [2.05, 4.69) is 15.9 Å². The SMILES string of the molecule is COCC(C)C(O)Cc1ccc(OC)c(Br)c1. The molecule has 3 nitrogen and oxygen atoms in total. The molecule has 96 valence electrons. The Kier molecular flexibility index (Phi) is 5.95. The van der Waals surface area contributed by atoms with Crippen LogP contribution in [0, 0.1) is 5.92 Å². The van der Waals surface area contributed by atoms with E-state index in [1.165, 1.54) is 0 Å². The molecule has 4 heteroatoms. The summed E-state index contributed by atoms with van der Waals surface area (Å²) in [6.07, 6.45) is 0.225. The molecule has 0 aliphatic rings. The third-order valence-corrected chi connectivity index (χ3v) is 3.37. The highest BCUT2D eigenvalue weighted by molar-refractivity contribution is 9.10. The maximum atomic E-state index is 9.99. The zero-order valence-corrected chi connectivity index (χ0v) is 12.0. The Labute approximate surface area is 111 Å². The van der Waals surface area contributed by atoms with Gasteiger partial charge in [0, 0.05) is 13.0 Å². The quantitative estimate of drug-likeness (QED) is 0.878. The number of aliphatic hydroxyl groups is 1. The predicted octanol–water partition coefficient (Wildman–Crippen LogP) is 2.64. The lowest BCUT2D eigenvalue weighted by Gasteiger charge is -2.18. The highest BCUT2D eigenvalue weighted by Gasteiger charge is 2.15. The Morgan fingerprint density at radius 1 is 1.35 bits per heavy atom. The van der Waals surface area contributed by atoms with Crippen LogP contribution in [0.15, 0.2) is 22.7 Å². The predicted molar refractivity (Wildman–Crippen MR) is 71.4 cm³/mol. The van der Waals surface area contributed by atoms with Crippen LogP contribution in [0.25, 0.3) is 0 Å². The Hall–Kier alpha value is -0.580. The van der Waals surface area contributed by atoms with Gasteiger partial charge in [0.1, 0.15) is 5.75 Å². The van der Waals surface area contributed by atoms with Crippen LogP contribution in [-0.4, -0.2) is 32.0 Å². The molecule has 2 atom stereocenters. The number of hydrogen-bond donors (Lipinski definition) is 1. The summed E-state index contributed by atoms with van der Waals surface area (Å²) < 4.78 is 11.1. The van der Waals surface area contributed by atoms with Gasteiger partial charge in [0.25, 0.3) is 0 Å². The van der Waals surface area contributed by atoms with Gasteiger partial charge in [0.15, 0.2) is 0 Å². The number of halogens is 1. The molecule has 2 unspecified atom stereocenters. The first-order valence-electron chi connectivity index (χ1n) is 5.58. The van der Waals surface area contributed by atoms with E-state index >= 15 is 0 Å². The van der Waals surface area contributed by atoms with E-state index < -0.39 is 6.10 Å². The molecule has 0 aliphatic heterocycles. The highest BCUT2D eigenvalue weighted by atomic mass is 79.9. The van der Waals surface area contributed by atoms with Crippen molar-refractivity contribution < 1.29 is 14.6 Å². The molecule has 1 rings (SSSR count). The molecule has 1 N–H and O–H groups in total. The zero-order valence-electron chi connectivity index (χ0n) is 10.4. The second kappa shape index (κ2) is 6.99. The van der Waals surface area contributed by atoms with Crippen LogP contribution in [0.3, 0.4) is 0 Å². The molecule has 17 heavy (non-hydrogen) atoms. The summed E-state index contributed by atoms with van der Waals surface area (Å²) in [6.45, 7) is 2.55. The zero-order chi connectivity index (χ0) is 12.8. The second-order valence-electron chi connectivity index (χ2n) is 4.17. The molecule has 1 aromatic rings. The van der Waals surface area contributed by atoms with Crippen molar-refractivity contribution in [2.75, 3.05) is 20.8 Å². The molecule has 1 aromatic carbocycles. The van der Waals surface area contributed by atoms with E-state index in [0.717, 1.165) is 15.8 Å². The van der Waals surface area contributed by atoms with Crippen molar-refractivity contribution in [1.82, 2.24) is 0 Å². The number of aliphatic hydroxyl groups excluding tert-OH is 1. The van der Waals surface area contributed by atoms with E-state index in [4.69, 9.17) is 9.47 Å². The summed E-state index contributed by atoms with van der Waals surface area (Å²) >= 11 is 3.43. The molecule has 0 heterocycles. The minimum Gasteiger partial charge on any atom is -0.496 e. The van der Waals surface area contributed by atoms with E-state index in [9.17, 15) is 5.11 Å². The summed E-state index contributed by atoms with van der Waals surface area (Å²) in [4.78, 5) is 0. The summed E-state index contributed by atoms with van der Waals surface area (Å²) in [7, 11) is 3.28. The molecule has 0 bridgehead atoms. The van der Waals surface area contributed by atoms with Crippen molar-refractivity contribution in [2.45, 2.75) is 19.4 Å². The average molecular weight is 303 g/mol. The smallest absolute Gasteiger partial charge is 0.133 e. The normalized spacial score (nSPS) is 14.4. The Morgan fingerprint density at radius 3 is 2.59 bits per heavy atom. The van der Waals surface area contributed by atoms with Crippen molar-refractivity contribution in [3.05, 3.63) is 28.2 Å². The van der Waals surface area contributed by atoms with Gasteiger partial charge in [-0.3, -0.25) is 0 Å². The fourth-order valence-electron chi connectivity index (χ4n) is 1.65. The van der Waals surface area contributed by atoms with Crippen molar-refractivity contribution in [2.24, 2.45) is 5.92 Å². The van der Waals surface area contributed by atoms with Gasteiger partial charge >= 0.3 is 0 Å². The van der Waals surface area contributed by atoms with Gasteiger partial charge in [0.05, 0.1) is 24.3 Å². The van der Waals surface area contributed by atoms with Gasteiger partial charge in [-0.05, 0) is 40.0 Å². The van der Waals surface area contributed by atoms with E-state index in [1.807, 2.05) is 25.1 Å². The molecule has 0 aromatic heterocycles. The average Bonchev–Trinajstić information content (AvgIpc) is 2.29. The highest BCUT2D eigenvalue weighted by Crippen LogP contribution is 2.26. The summed E-state index contributed by atoms with van der Waals surface area (Å²) in [6, 6.07) is 5.83. The fraction of sp³-hybridized carbons (Fsp3) is 0.538. The first kappa shape index (κ1) is 14.5. The van der Waals surface area contributed by atoms with Gasteiger partial charge in [0.2, 0.25) is 0 Å². The molecule has 0 saturated carbocycles. The van der Waals surface area contributed by atoms with Crippen LogP contribution in [0.5, 0.6) is 5.75 Å². The molecule has 0 spiro atoms. The summed E-state index contributed by atoms with van der Waals surface area (Å²) in [5.41, 5.74) is 1.08. The maximum Gasteiger partial charge on any atom is 0.133 e. The number of hydrogen-bond acceptors (Lipinski definition) is 3. The van der Waals surface area contributed by atoms with Crippen LogP contribution in [0.2, 0.25) is 0 Å². The largest absolute Gasteiger partial charge is 0.496 e. The van der Waals surface area contributed by atoms with Crippen LogP contribution in [-0.2, 0) is 11.2 Å². The van der Waals surface area contributed by atoms with E-state index in [0.29, 0.717) is 13.0 Å². The van der Waals surface area contributed by atoms with Gasteiger partial charge in [-0.25, -0.2) is 0 Å². The number of rotatable bonds is 6. The van der Waals surface area contributed by atoms with Crippen molar-refractivity contribution >= 4 is 15.9 Å². The standard InChI is InChI=1S/C13H19BrO3/c1-9(8-16-2)12(15)7-10-4-5-13(17-3)11(14)6-10/h4-6,9,12,15H,7-8H2,1-3H3. The number of methoxy groups -OCH3 is 2. The van der Waals surface area contributed by atoms with Crippen molar-refractivity contribution in [3.8, 4) is 5.75 Å². The third kappa shape index (κ3) is 4.30. The molecular weight excluding hydrogens is 284 g/mol. The van der Waals surface area contributed by atoms with E-state index in [1.54, 1.807) is 14.2 Å². The lowest BCUT2D eigenvalue weighted by molar-refractivity contribution is 0.0575. The van der Waals surface area contributed by atoms with Gasteiger partial charge in [-0.1, -0.05) is 13.0 Å². The minimum absolute atomic E-state index is 0.126. The number of benzene rings is 1. The van der Waals surface area contributed by atoms with Crippen molar-refractivity contribution in [3.63, 3.8) is 0 Å². The van der Waals surface area contributed by atoms with Gasteiger partial charge < -0.3 is 14.6 Å². The fourth-order valence-corrected chi connectivity index (χ4v) is 2.24. The Bertz CT molecular complexity index is 355. The van der Waals surface area contributed by atoms with Crippen LogP contribution < -0.4 is 4.74 Å². The second-order valence-corrected chi connectivity index (χ2v) is 5.03. The summed E-state index contributed by atoms with van der Waals surface area (Å²) in [5.74, 6) is 0.925. The van der Waals surface area contributed by atoms with Crippen LogP contribution >= 0.6 is 15.9 Å². The molecule has 0 radical (unpaired) electrons. The Morgan fingerprint density at radius 2 is 2.06 bits per heavy atom. The van der Waals surface area contributed by atoms with Gasteiger partial charge in [-0.15, -0.1) is 0 Å². The minimum atomic E-state index is -0.393. The van der Waals surface area contributed by atoms with Crippen LogP contribution in [0.4, 0.5) is 0 Å². The van der Waals surface area contributed by atoms with Gasteiger partial charge in [-0.2, -0.15) is 0 Å². The van der Waals surface area contributed by atoms with Crippen molar-refractivity contribution in [1.29, 1.82) is 0 Å². The topological polar surface area (TPSA) is 38.7 Å². The monoisotopic (exact) mass is 302 g/mol.